The van der Waals surface area contributed by atoms with Gasteiger partial charge in [0.1, 0.15) is 0 Å². The number of para-hydroxylation sites is 4. The largest absolute Gasteiger partial charge is 0.310 e. The minimum absolute atomic E-state index is 1.10. The summed E-state index contributed by atoms with van der Waals surface area (Å²) in [7, 11) is 0. The highest BCUT2D eigenvalue weighted by Crippen LogP contribution is 2.45. The first-order valence-corrected chi connectivity index (χ1v) is 17.0. The van der Waals surface area contributed by atoms with Crippen LogP contribution in [0.5, 0.6) is 0 Å². The van der Waals surface area contributed by atoms with Gasteiger partial charge in [0, 0.05) is 34.1 Å². The van der Waals surface area contributed by atoms with Crippen LogP contribution in [0, 0.1) is 0 Å². The molecule has 2 nitrogen and oxygen atoms in total. The minimum Gasteiger partial charge on any atom is -0.310 e. The number of rotatable bonds is 9. The maximum absolute atomic E-state index is 2.34. The fraction of sp³-hybridized carbons (Fsp3) is 0. The number of nitrogens with zero attached hydrogens (tertiary/aromatic N) is 2. The Hall–Kier alpha value is -6.64. The average Bonchev–Trinajstić information content (AvgIpc) is 3.20. The third-order valence-corrected chi connectivity index (χ3v) is 9.04. The molecule has 0 fully saturated rings. The van der Waals surface area contributed by atoms with Gasteiger partial charge in [0.05, 0.1) is 0 Å². The number of benzene rings is 8. The van der Waals surface area contributed by atoms with Gasteiger partial charge in [-0.05, 0) is 106 Å². The van der Waals surface area contributed by atoms with Crippen LogP contribution in [0.4, 0.5) is 34.1 Å². The fourth-order valence-electron chi connectivity index (χ4n) is 6.73. The average molecular weight is 641 g/mol. The van der Waals surface area contributed by atoms with E-state index in [0.717, 1.165) is 34.1 Å². The van der Waals surface area contributed by atoms with E-state index < -0.39 is 0 Å². The first-order chi connectivity index (χ1) is 24.8. The molecule has 8 aromatic rings. The summed E-state index contributed by atoms with van der Waals surface area (Å²) < 4.78 is 0. The molecular weight excluding hydrogens is 605 g/mol. The van der Waals surface area contributed by atoms with Crippen molar-refractivity contribution in [3.05, 3.63) is 218 Å². The van der Waals surface area contributed by atoms with E-state index in [1.54, 1.807) is 0 Å². The second kappa shape index (κ2) is 14.2. The van der Waals surface area contributed by atoms with Crippen LogP contribution in [-0.2, 0) is 0 Å². The summed E-state index contributed by atoms with van der Waals surface area (Å²) in [6.07, 6.45) is 0. The van der Waals surface area contributed by atoms with Gasteiger partial charge in [-0.15, -0.1) is 0 Å². The van der Waals surface area contributed by atoms with Crippen molar-refractivity contribution in [1.82, 2.24) is 0 Å². The van der Waals surface area contributed by atoms with E-state index in [0.29, 0.717) is 0 Å². The van der Waals surface area contributed by atoms with E-state index in [4.69, 9.17) is 0 Å². The van der Waals surface area contributed by atoms with Gasteiger partial charge in [0.2, 0.25) is 0 Å². The molecule has 0 bridgehead atoms. The molecule has 0 unspecified atom stereocenters. The Kier molecular flexibility index (Phi) is 8.73. The molecule has 0 aliphatic rings. The van der Waals surface area contributed by atoms with E-state index in [1.807, 2.05) is 0 Å². The summed E-state index contributed by atoms with van der Waals surface area (Å²) in [5.41, 5.74) is 13.7. The molecule has 8 rings (SSSR count). The zero-order chi connectivity index (χ0) is 33.5. The predicted molar refractivity (Wildman–Crippen MR) is 212 cm³/mol. The van der Waals surface area contributed by atoms with Gasteiger partial charge in [-0.25, -0.2) is 0 Å². The second-order valence-corrected chi connectivity index (χ2v) is 12.2. The van der Waals surface area contributed by atoms with Crippen molar-refractivity contribution in [2.45, 2.75) is 0 Å². The Labute approximate surface area is 294 Å². The third kappa shape index (κ3) is 6.31. The topological polar surface area (TPSA) is 6.48 Å². The summed E-state index contributed by atoms with van der Waals surface area (Å²) in [4.78, 5) is 4.66. The summed E-state index contributed by atoms with van der Waals surface area (Å²) in [5, 5.41) is 0. The molecule has 0 aromatic heterocycles. The second-order valence-electron chi connectivity index (χ2n) is 12.2. The monoisotopic (exact) mass is 640 g/mol. The molecule has 0 saturated heterocycles. The molecule has 2 heteroatoms. The van der Waals surface area contributed by atoms with E-state index >= 15 is 0 Å². The lowest BCUT2D eigenvalue weighted by Crippen LogP contribution is -2.10. The molecule has 238 valence electrons. The predicted octanol–water partition coefficient (Wildman–Crippen LogP) is 13.6. The molecule has 0 N–H and O–H groups in total. The van der Waals surface area contributed by atoms with Crippen LogP contribution in [0.1, 0.15) is 0 Å². The first kappa shape index (κ1) is 30.7. The lowest BCUT2D eigenvalue weighted by molar-refractivity contribution is 1.28. The third-order valence-electron chi connectivity index (χ3n) is 9.04. The highest BCUT2D eigenvalue weighted by molar-refractivity contribution is 5.96. The summed E-state index contributed by atoms with van der Waals surface area (Å²) >= 11 is 0. The van der Waals surface area contributed by atoms with Crippen LogP contribution >= 0.6 is 0 Å². The lowest BCUT2D eigenvalue weighted by Gasteiger charge is -2.28. The van der Waals surface area contributed by atoms with Gasteiger partial charge < -0.3 is 9.80 Å². The molecule has 0 spiro atoms. The van der Waals surface area contributed by atoms with E-state index in [2.05, 4.69) is 228 Å². The van der Waals surface area contributed by atoms with E-state index in [1.165, 1.54) is 33.4 Å². The van der Waals surface area contributed by atoms with Gasteiger partial charge >= 0.3 is 0 Å². The number of hydrogen-bond acceptors (Lipinski definition) is 2. The highest BCUT2D eigenvalue weighted by Gasteiger charge is 2.20. The molecule has 50 heavy (non-hydrogen) atoms. The number of hydrogen-bond donors (Lipinski definition) is 0. The molecule has 0 aliphatic heterocycles. The van der Waals surface area contributed by atoms with E-state index in [-0.39, 0.29) is 0 Å². The van der Waals surface area contributed by atoms with Gasteiger partial charge in [-0.2, -0.15) is 0 Å². The van der Waals surface area contributed by atoms with Crippen LogP contribution in [0.3, 0.4) is 0 Å². The molecule has 0 heterocycles. The van der Waals surface area contributed by atoms with Crippen molar-refractivity contribution < 1.29 is 0 Å². The Morgan fingerprint density at radius 1 is 0.200 bits per heavy atom. The summed E-state index contributed by atoms with van der Waals surface area (Å²) in [6, 6.07) is 77.6. The van der Waals surface area contributed by atoms with Crippen molar-refractivity contribution in [2.24, 2.45) is 0 Å². The Bertz CT molecular complexity index is 2040. The maximum Gasteiger partial charge on any atom is 0.0468 e. The van der Waals surface area contributed by atoms with Crippen LogP contribution in [-0.4, -0.2) is 0 Å². The van der Waals surface area contributed by atoms with Crippen LogP contribution in [0.15, 0.2) is 218 Å². The van der Waals surface area contributed by atoms with E-state index in [9.17, 15) is 0 Å². The van der Waals surface area contributed by atoms with Gasteiger partial charge in [-0.1, -0.05) is 146 Å². The van der Waals surface area contributed by atoms with Crippen molar-refractivity contribution in [2.75, 3.05) is 9.80 Å². The van der Waals surface area contributed by atoms with Crippen molar-refractivity contribution in [1.29, 1.82) is 0 Å². The Balaban J connectivity index is 1.34. The van der Waals surface area contributed by atoms with Crippen molar-refractivity contribution in [3.63, 3.8) is 0 Å². The lowest BCUT2D eigenvalue weighted by atomic mass is 9.88. The van der Waals surface area contributed by atoms with Crippen molar-refractivity contribution in [3.8, 4) is 33.4 Å². The quantitative estimate of drug-likeness (QED) is 0.155. The Morgan fingerprint density at radius 3 is 0.740 bits per heavy atom. The molecule has 0 atom stereocenters. The number of anilines is 6. The highest BCUT2D eigenvalue weighted by atomic mass is 15.1. The molecule has 0 aliphatic carbocycles. The van der Waals surface area contributed by atoms with Crippen molar-refractivity contribution >= 4 is 34.1 Å². The Morgan fingerprint density at radius 2 is 0.460 bits per heavy atom. The maximum atomic E-state index is 2.34. The van der Waals surface area contributed by atoms with Gasteiger partial charge in [0.15, 0.2) is 0 Å². The standard InChI is InChI=1S/C48H36N2/c1-7-19-37(20-8-1)47-35-43(49(39-23-11-3-12-24-39)40-25-13-4-14-26-40)31-33-45(47)46-34-32-44(36-48(46)38-21-9-2-10-22-38)50(41-27-15-5-16-28-41)42-29-17-6-18-30-42/h1-36H. The normalized spacial score (nSPS) is 10.8. The molecule has 8 aromatic carbocycles. The molecule has 0 amide bonds. The first-order valence-electron chi connectivity index (χ1n) is 17.0. The van der Waals surface area contributed by atoms with Gasteiger partial charge in [-0.3, -0.25) is 0 Å². The molecule has 0 saturated carbocycles. The summed E-state index contributed by atoms with van der Waals surface area (Å²) in [5.74, 6) is 0. The smallest absolute Gasteiger partial charge is 0.0468 e. The minimum atomic E-state index is 1.10. The fourth-order valence-corrected chi connectivity index (χ4v) is 6.73. The van der Waals surface area contributed by atoms with Gasteiger partial charge in [0.25, 0.3) is 0 Å². The molecular formula is C48H36N2. The van der Waals surface area contributed by atoms with Crippen LogP contribution in [0.2, 0.25) is 0 Å². The SMILES string of the molecule is c1ccc(-c2cc(N(c3ccccc3)c3ccccc3)ccc2-c2ccc(N(c3ccccc3)c3ccccc3)cc2-c2ccccc2)cc1. The zero-order valence-electron chi connectivity index (χ0n) is 27.7. The zero-order valence-corrected chi connectivity index (χ0v) is 27.7. The van der Waals surface area contributed by atoms with Crippen LogP contribution in [0.25, 0.3) is 33.4 Å². The van der Waals surface area contributed by atoms with Crippen LogP contribution < -0.4 is 9.80 Å². The molecule has 0 radical (unpaired) electrons. The summed E-state index contributed by atoms with van der Waals surface area (Å²) in [6.45, 7) is 0.